The van der Waals surface area contributed by atoms with Crippen molar-refractivity contribution in [2.45, 2.75) is 26.6 Å². The van der Waals surface area contributed by atoms with E-state index in [0.717, 1.165) is 22.0 Å². The molecule has 0 spiro atoms. The molecule has 1 aromatic carbocycles. The summed E-state index contributed by atoms with van der Waals surface area (Å²) in [5.74, 6) is -0.0991. The van der Waals surface area contributed by atoms with Crippen molar-refractivity contribution in [3.63, 3.8) is 0 Å². The predicted octanol–water partition coefficient (Wildman–Crippen LogP) is 4.25. The van der Waals surface area contributed by atoms with Crippen molar-refractivity contribution >= 4 is 47.0 Å². The number of aryl methyl sites for hydroxylation is 2. The van der Waals surface area contributed by atoms with Gasteiger partial charge in [-0.2, -0.15) is 0 Å². The van der Waals surface area contributed by atoms with E-state index in [0.29, 0.717) is 12.2 Å². The van der Waals surface area contributed by atoms with Gasteiger partial charge in [0.05, 0.1) is 10.7 Å². The van der Waals surface area contributed by atoms with Crippen LogP contribution in [-0.2, 0) is 6.42 Å². The molecule has 2 aromatic rings. The molecule has 0 bridgehead atoms. The molecule has 0 unspecified atom stereocenters. The van der Waals surface area contributed by atoms with Crippen LogP contribution in [0.5, 0.6) is 5.75 Å². The molecule has 0 aliphatic rings. The fraction of sp³-hybridized carbons (Fsp3) is 0.333. The molecule has 25 heavy (non-hydrogen) atoms. The van der Waals surface area contributed by atoms with Gasteiger partial charge in [0, 0.05) is 23.5 Å². The number of aliphatic imine (C=N–C) groups is 1. The maximum Gasteiger partial charge on any atom is 0.573 e. The van der Waals surface area contributed by atoms with E-state index in [-0.39, 0.29) is 35.7 Å². The number of hydrogen-bond donors (Lipinski definition) is 2. The number of hydrogen-bond acceptors (Lipinski definition) is 4. The van der Waals surface area contributed by atoms with Crippen LogP contribution in [0.25, 0.3) is 0 Å². The number of benzene rings is 1. The summed E-state index contributed by atoms with van der Waals surface area (Å²) >= 11 is 1.63. The molecule has 0 saturated carbocycles. The number of nitrogens with two attached hydrogens (primary N) is 1. The van der Waals surface area contributed by atoms with Gasteiger partial charge in [-0.1, -0.05) is 0 Å². The Morgan fingerprint density at radius 2 is 1.92 bits per heavy atom. The van der Waals surface area contributed by atoms with Gasteiger partial charge in [-0.3, -0.25) is 4.99 Å². The minimum Gasteiger partial charge on any atom is -0.406 e. The highest BCUT2D eigenvalue weighted by atomic mass is 127. The van der Waals surface area contributed by atoms with Gasteiger partial charge >= 0.3 is 6.36 Å². The maximum absolute atomic E-state index is 12.1. The van der Waals surface area contributed by atoms with E-state index in [2.05, 4.69) is 20.0 Å². The fourth-order valence-corrected chi connectivity index (χ4v) is 2.94. The van der Waals surface area contributed by atoms with Gasteiger partial charge < -0.3 is 15.8 Å². The minimum atomic E-state index is -4.71. The topological polar surface area (TPSA) is 72.5 Å². The van der Waals surface area contributed by atoms with Gasteiger partial charge in [-0.25, -0.2) is 4.98 Å². The number of nitrogens with zero attached hydrogens (tertiary/aromatic N) is 2. The van der Waals surface area contributed by atoms with Crippen LogP contribution >= 0.6 is 35.3 Å². The summed E-state index contributed by atoms with van der Waals surface area (Å²) in [7, 11) is 0. The summed E-state index contributed by atoms with van der Waals surface area (Å²) in [6.07, 6.45) is -3.97. The van der Waals surface area contributed by atoms with Crippen LogP contribution < -0.4 is 15.8 Å². The molecule has 2 rings (SSSR count). The van der Waals surface area contributed by atoms with E-state index < -0.39 is 6.36 Å². The second kappa shape index (κ2) is 9.22. The van der Waals surface area contributed by atoms with Crippen LogP contribution in [0, 0.1) is 13.8 Å². The molecular weight excluding hydrogens is 468 g/mol. The summed E-state index contributed by atoms with van der Waals surface area (Å²) in [5, 5.41) is 3.83. The van der Waals surface area contributed by atoms with E-state index in [4.69, 9.17) is 5.73 Å². The zero-order valence-corrected chi connectivity index (χ0v) is 16.7. The van der Waals surface area contributed by atoms with Crippen molar-refractivity contribution in [3.05, 3.63) is 39.8 Å². The first kappa shape index (κ1) is 21.5. The lowest BCUT2D eigenvalue weighted by atomic mass is 10.3. The van der Waals surface area contributed by atoms with Crippen LogP contribution in [0.3, 0.4) is 0 Å². The Kier molecular flexibility index (Phi) is 7.93. The average Bonchev–Trinajstić information content (AvgIpc) is 2.78. The highest BCUT2D eigenvalue weighted by molar-refractivity contribution is 14.0. The first-order valence-electron chi connectivity index (χ1n) is 7.08. The third-order valence-electron chi connectivity index (χ3n) is 2.98. The van der Waals surface area contributed by atoms with Crippen LogP contribution in [0.4, 0.5) is 18.9 Å². The SMILES string of the molecule is Cc1nc(C)c(CCN=C(N)Nc2ccc(OC(F)(F)F)cc2)s1.I. The summed E-state index contributed by atoms with van der Waals surface area (Å²) in [5.41, 5.74) is 7.29. The van der Waals surface area contributed by atoms with Gasteiger partial charge in [0.2, 0.25) is 0 Å². The molecule has 10 heteroatoms. The molecular formula is C15H18F3IN4OS. The van der Waals surface area contributed by atoms with Gasteiger partial charge in [-0.15, -0.1) is 48.5 Å². The van der Waals surface area contributed by atoms with E-state index in [1.54, 1.807) is 11.3 Å². The van der Waals surface area contributed by atoms with Crippen LogP contribution in [0.2, 0.25) is 0 Å². The number of thiazole rings is 1. The van der Waals surface area contributed by atoms with Crippen molar-refractivity contribution in [3.8, 4) is 5.75 Å². The highest BCUT2D eigenvalue weighted by Crippen LogP contribution is 2.23. The standard InChI is InChI=1S/C15H17F3N4OS.HI/c1-9-13(24-10(2)21-9)7-8-20-14(19)22-11-3-5-12(6-4-11)23-15(16,17)18;/h3-6H,7-8H2,1-2H3,(H3,19,20,22);1H. The Morgan fingerprint density at radius 1 is 1.28 bits per heavy atom. The van der Waals surface area contributed by atoms with Gasteiger partial charge in [0.1, 0.15) is 5.75 Å². The van der Waals surface area contributed by atoms with Gasteiger partial charge in [0.25, 0.3) is 0 Å². The highest BCUT2D eigenvalue weighted by Gasteiger charge is 2.30. The molecule has 0 radical (unpaired) electrons. The lowest BCUT2D eigenvalue weighted by molar-refractivity contribution is -0.274. The number of aromatic nitrogens is 1. The lowest BCUT2D eigenvalue weighted by Crippen LogP contribution is -2.23. The lowest BCUT2D eigenvalue weighted by Gasteiger charge is -2.10. The molecule has 0 aliphatic heterocycles. The predicted molar refractivity (Wildman–Crippen MR) is 104 cm³/mol. The molecule has 0 saturated heterocycles. The number of nitrogens with one attached hydrogen (secondary N) is 1. The third kappa shape index (κ3) is 7.46. The monoisotopic (exact) mass is 486 g/mol. The normalized spacial score (nSPS) is 11.8. The zero-order chi connectivity index (χ0) is 17.7. The smallest absolute Gasteiger partial charge is 0.406 e. The molecule has 138 valence electrons. The van der Waals surface area contributed by atoms with Crippen LogP contribution in [-0.4, -0.2) is 23.9 Å². The first-order chi connectivity index (χ1) is 11.2. The summed E-state index contributed by atoms with van der Waals surface area (Å²) in [6.45, 7) is 4.40. The molecule has 0 aliphatic carbocycles. The molecule has 0 amide bonds. The quantitative estimate of drug-likeness (QED) is 0.377. The third-order valence-corrected chi connectivity index (χ3v) is 4.11. The van der Waals surface area contributed by atoms with Crippen molar-refractivity contribution in [1.29, 1.82) is 0 Å². The number of halogens is 4. The minimum absolute atomic E-state index is 0. The molecule has 0 fully saturated rings. The second-order valence-corrected chi connectivity index (χ2v) is 6.24. The van der Waals surface area contributed by atoms with E-state index in [1.165, 1.54) is 24.3 Å². The molecule has 0 atom stereocenters. The zero-order valence-electron chi connectivity index (χ0n) is 13.6. The van der Waals surface area contributed by atoms with Crippen molar-refractivity contribution in [1.82, 2.24) is 4.98 Å². The number of anilines is 1. The largest absolute Gasteiger partial charge is 0.573 e. The first-order valence-corrected chi connectivity index (χ1v) is 7.90. The Morgan fingerprint density at radius 3 is 2.44 bits per heavy atom. The second-order valence-electron chi connectivity index (χ2n) is 4.96. The average molecular weight is 486 g/mol. The van der Waals surface area contributed by atoms with E-state index >= 15 is 0 Å². The Balaban J connectivity index is 0.00000312. The van der Waals surface area contributed by atoms with Crippen LogP contribution in [0.1, 0.15) is 15.6 Å². The van der Waals surface area contributed by atoms with E-state index in [1.807, 2.05) is 13.8 Å². The van der Waals surface area contributed by atoms with E-state index in [9.17, 15) is 13.2 Å². The van der Waals surface area contributed by atoms with Crippen LogP contribution in [0.15, 0.2) is 29.3 Å². The fourth-order valence-electron chi connectivity index (χ4n) is 2.01. The summed E-state index contributed by atoms with van der Waals surface area (Å²) < 4.78 is 40.0. The Bertz CT molecular complexity index is 717. The van der Waals surface area contributed by atoms with Gasteiger partial charge in [-0.05, 0) is 38.1 Å². The van der Waals surface area contributed by atoms with Gasteiger partial charge in [0.15, 0.2) is 5.96 Å². The number of ether oxygens (including phenoxy) is 1. The number of alkyl halides is 3. The van der Waals surface area contributed by atoms with Crippen molar-refractivity contribution in [2.75, 3.05) is 11.9 Å². The Hall–Kier alpha value is -1.56. The Labute approximate surface area is 164 Å². The number of rotatable bonds is 5. The molecule has 1 heterocycles. The molecule has 3 N–H and O–H groups in total. The maximum atomic E-state index is 12.1. The number of guanidine groups is 1. The molecule has 5 nitrogen and oxygen atoms in total. The molecule has 1 aromatic heterocycles. The van der Waals surface area contributed by atoms with Crippen molar-refractivity contribution in [2.24, 2.45) is 10.7 Å². The summed E-state index contributed by atoms with van der Waals surface area (Å²) in [6, 6.07) is 5.26. The van der Waals surface area contributed by atoms with Crippen molar-refractivity contribution < 1.29 is 17.9 Å². The summed E-state index contributed by atoms with van der Waals surface area (Å²) in [4.78, 5) is 9.70.